The second-order valence-electron chi connectivity index (χ2n) is 6.54. The summed E-state index contributed by atoms with van der Waals surface area (Å²) in [6.45, 7) is 4.11. The largest absolute Gasteiger partial charge is 0.496 e. The molecule has 1 heterocycles. The van der Waals surface area contributed by atoms with Crippen molar-refractivity contribution in [3.63, 3.8) is 0 Å². The molecule has 0 radical (unpaired) electrons. The van der Waals surface area contributed by atoms with Crippen LogP contribution >= 0.6 is 0 Å². The Balaban J connectivity index is 1.86. The number of carbonyl (C=O) groups excluding carboxylic acids is 2. The summed E-state index contributed by atoms with van der Waals surface area (Å²) >= 11 is 0. The third-order valence-electron chi connectivity index (χ3n) is 4.46. The molecule has 0 unspecified atom stereocenters. The van der Waals surface area contributed by atoms with Gasteiger partial charge in [-0.15, -0.1) is 0 Å². The van der Waals surface area contributed by atoms with Crippen LogP contribution in [0.3, 0.4) is 0 Å². The Bertz CT molecular complexity index is 1060. The van der Waals surface area contributed by atoms with Gasteiger partial charge >= 0.3 is 5.97 Å². The summed E-state index contributed by atoms with van der Waals surface area (Å²) in [7, 11) is 2.80. The zero-order valence-electron chi connectivity index (χ0n) is 16.3. The molecule has 6 heteroatoms. The Kier molecular flexibility index (Phi) is 5.59. The van der Waals surface area contributed by atoms with Gasteiger partial charge in [-0.25, -0.2) is 4.79 Å². The van der Waals surface area contributed by atoms with E-state index in [4.69, 9.17) is 9.47 Å². The molecular formula is C22H22N2O4. The van der Waals surface area contributed by atoms with Crippen LogP contribution in [0, 0.1) is 13.8 Å². The fourth-order valence-corrected chi connectivity index (χ4v) is 3.07. The zero-order chi connectivity index (χ0) is 20.3. The number of nitrogens with one attached hydrogen (secondary N) is 1. The van der Waals surface area contributed by atoms with Crippen molar-refractivity contribution in [2.75, 3.05) is 14.2 Å². The van der Waals surface area contributed by atoms with Gasteiger partial charge in [0.25, 0.3) is 5.91 Å². The van der Waals surface area contributed by atoms with E-state index in [0.717, 1.165) is 27.7 Å². The van der Waals surface area contributed by atoms with E-state index in [0.29, 0.717) is 16.9 Å². The predicted molar refractivity (Wildman–Crippen MR) is 107 cm³/mol. The number of esters is 1. The van der Waals surface area contributed by atoms with Crippen molar-refractivity contribution in [3.8, 4) is 5.75 Å². The highest BCUT2D eigenvalue weighted by atomic mass is 16.5. The van der Waals surface area contributed by atoms with Crippen LogP contribution in [0.25, 0.3) is 10.9 Å². The second kappa shape index (κ2) is 8.08. The summed E-state index contributed by atoms with van der Waals surface area (Å²) in [5.41, 5.74) is 4.28. The van der Waals surface area contributed by atoms with Crippen molar-refractivity contribution < 1.29 is 19.1 Å². The average molecular weight is 378 g/mol. The number of nitrogens with zero attached hydrogens (tertiary/aromatic N) is 1. The highest BCUT2D eigenvalue weighted by Crippen LogP contribution is 2.22. The molecule has 0 fully saturated rings. The molecule has 0 atom stereocenters. The summed E-state index contributed by atoms with van der Waals surface area (Å²) in [6, 6.07) is 12.8. The Morgan fingerprint density at radius 1 is 1.00 bits per heavy atom. The smallest absolute Gasteiger partial charge is 0.341 e. The lowest BCUT2D eigenvalue weighted by molar-refractivity contribution is 0.0597. The number of amides is 1. The minimum absolute atomic E-state index is 0.198. The van der Waals surface area contributed by atoms with Crippen LogP contribution in [0.5, 0.6) is 5.75 Å². The number of benzene rings is 2. The number of fused-ring (bicyclic) bond motifs is 1. The number of hydrogen-bond donors (Lipinski definition) is 1. The summed E-state index contributed by atoms with van der Waals surface area (Å²) in [6.07, 6.45) is 0. The molecule has 0 bridgehead atoms. The van der Waals surface area contributed by atoms with E-state index in [2.05, 4.69) is 10.3 Å². The van der Waals surface area contributed by atoms with Gasteiger partial charge in [-0.05, 0) is 49.7 Å². The Labute approximate surface area is 163 Å². The van der Waals surface area contributed by atoms with E-state index in [9.17, 15) is 9.59 Å². The standard InChI is InChI=1S/C22H22N2O4/c1-13-5-7-19-16(9-13)17(10-14(2)24-19)21(25)23-12-15-6-8-20(27-3)18(11-15)22(26)28-4/h5-11H,12H2,1-4H3,(H,23,25). The predicted octanol–water partition coefficient (Wildman–Crippen LogP) is 3.58. The van der Waals surface area contributed by atoms with Crippen molar-refractivity contribution in [1.82, 2.24) is 10.3 Å². The monoisotopic (exact) mass is 378 g/mol. The first-order chi connectivity index (χ1) is 13.4. The van der Waals surface area contributed by atoms with E-state index in [1.54, 1.807) is 24.3 Å². The van der Waals surface area contributed by atoms with Crippen molar-refractivity contribution in [2.24, 2.45) is 0 Å². The minimum Gasteiger partial charge on any atom is -0.496 e. The van der Waals surface area contributed by atoms with E-state index >= 15 is 0 Å². The van der Waals surface area contributed by atoms with Crippen LogP contribution in [0.4, 0.5) is 0 Å². The number of aromatic nitrogens is 1. The van der Waals surface area contributed by atoms with Crippen molar-refractivity contribution in [1.29, 1.82) is 0 Å². The first-order valence-corrected chi connectivity index (χ1v) is 8.84. The van der Waals surface area contributed by atoms with Crippen LogP contribution in [-0.2, 0) is 11.3 Å². The van der Waals surface area contributed by atoms with Crippen LogP contribution in [0.1, 0.15) is 37.5 Å². The molecule has 3 aromatic rings. The summed E-state index contributed by atoms with van der Waals surface area (Å²) < 4.78 is 9.98. The van der Waals surface area contributed by atoms with Crippen LogP contribution < -0.4 is 10.1 Å². The molecule has 2 aromatic carbocycles. The molecule has 6 nitrogen and oxygen atoms in total. The van der Waals surface area contributed by atoms with Crippen molar-refractivity contribution in [2.45, 2.75) is 20.4 Å². The second-order valence-corrected chi connectivity index (χ2v) is 6.54. The molecule has 28 heavy (non-hydrogen) atoms. The number of methoxy groups -OCH3 is 2. The molecular weight excluding hydrogens is 356 g/mol. The molecule has 144 valence electrons. The summed E-state index contributed by atoms with van der Waals surface area (Å²) in [5, 5.41) is 3.73. The quantitative estimate of drug-likeness (QED) is 0.687. The summed E-state index contributed by atoms with van der Waals surface area (Å²) in [5.74, 6) is -0.263. The van der Waals surface area contributed by atoms with Crippen LogP contribution in [0.2, 0.25) is 0 Å². The average Bonchev–Trinajstić information content (AvgIpc) is 2.70. The number of carbonyl (C=O) groups is 2. The van der Waals surface area contributed by atoms with E-state index in [1.165, 1.54) is 14.2 Å². The van der Waals surface area contributed by atoms with Gasteiger partial charge in [0.05, 0.1) is 25.3 Å². The maximum atomic E-state index is 12.8. The fraction of sp³-hybridized carbons (Fsp3) is 0.227. The van der Waals surface area contributed by atoms with Gasteiger partial charge < -0.3 is 14.8 Å². The van der Waals surface area contributed by atoms with Crippen LogP contribution in [-0.4, -0.2) is 31.1 Å². The van der Waals surface area contributed by atoms with E-state index in [-0.39, 0.29) is 12.5 Å². The molecule has 0 saturated heterocycles. The van der Waals surface area contributed by atoms with Gasteiger partial charge in [0.2, 0.25) is 0 Å². The maximum Gasteiger partial charge on any atom is 0.341 e. The molecule has 0 aliphatic rings. The third kappa shape index (κ3) is 3.96. The molecule has 1 aromatic heterocycles. The molecule has 0 saturated carbocycles. The number of ether oxygens (including phenoxy) is 2. The number of pyridine rings is 1. The lowest BCUT2D eigenvalue weighted by Crippen LogP contribution is -2.23. The molecule has 1 N–H and O–H groups in total. The fourth-order valence-electron chi connectivity index (χ4n) is 3.07. The minimum atomic E-state index is -0.490. The van der Waals surface area contributed by atoms with Crippen molar-refractivity contribution >= 4 is 22.8 Å². The first-order valence-electron chi connectivity index (χ1n) is 8.84. The van der Waals surface area contributed by atoms with Gasteiger partial charge in [-0.1, -0.05) is 17.7 Å². The third-order valence-corrected chi connectivity index (χ3v) is 4.46. The number of hydrogen-bond acceptors (Lipinski definition) is 5. The molecule has 0 aliphatic heterocycles. The first kappa shape index (κ1) is 19.4. The number of rotatable bonds is 5. The molecule has 1 amide bonds. The van der Waals surface area contributed by atoms with Gasteiger partial charge in [-0.3, -0.25) is 9.78 Å². The molecule has 0 aliphatic carbocycles. The molecule has 0 spiro atoms. The SMILES string of the molecule is COC(=O)c1cc(CNC(=O)c2cc(C)nc3ccc(C)cc23)ccc1OC. The number of aryl methyl sites for hydroxylation is 2. The zero-order valence-corrected chi connectivity index (χ0v) is 16.3. The van der Waals surface area contributed by atoms with Crippen LogP contribution in [0.15, 0.2) is 42.5 Å². The highest BCUT2D eigenvalue weighted by Gasteiger charge is 2.15. The summed E-state index contributed by atoms with van der Waals surface area (Å²) in [4.78, 5) is 29.3. The van der Waals surface area contributed by atoms with E-state index < -0.39 is 5.97 Å². The lowest BCUT2D eigenvalue weighted by Gasteiger charge is -2.12. The Hall–Kier alpha value is -3.41. The van der Waals surface area contributed by atoms with Gasteiger partial charge in [-0.2, -0.15) is 0 Å². The molecule has 3 rings (SSSR count). The van der Waals surface area contributed by atoms with Gasteiger partial charge in [0, 0.05) is 17.6 Å². The van der Waals surface area contributed by atoms with Gasteiger partial charge in [0.15, 0.2) is 0 Å². The topological polar surface area (TPSA) is 77.5 Å². The maximum absolute atomic E-state index is 12.8. The van der Waals surface area contributed by atoms with Gasteiger partial charge in [0.1, 0.15) is 11.3 Å². The van der Waals surface area contributed by atoms with Crippen molar-refractivity contribution in [3.05, 3.63) is 70.4 Å². The van der Waals surface area contributed by atoms with E-state index in [1.807, 2.05) is 32.0 Å². The Morgan fingerprint density at radius 3 is 2.50 bits per heavy atom. The normalized spacial score (nSPS) is 10.6. The Morgan fingerprint density at radius 2 is 1.79 bits per heavy atom. The lowest BCUT2D eigenvalue weighted by atomic mass is 10.0. The highest BCUT2D eigenvalue weighted by molar-refractivity contribution is 6.06.